The van der Waals surface area contributed by atoms with E-state index in [4.69, 9.17) is 9.31 Å². The van der Waals surface area contributed by atoms with Gasteiger partial charge in [-0.2, -0.15) is 0 Å². The van der Waals surface area contributed by atoms with Crippen molar-refractivity contribution in [3.8, 4) is 23.0 Å². The van der Waals surface area contributed by atoms with E-state index >= 15 is 0 Å². The van der Waals surface area contributed by atoms with Crippen molar-refractivity contribution in [1.29, 1.82) is 0 Å². The molecule has 0 aromatic heterocycles. The molecule has 0 atom stereocenters. The molecule has 0 unspecified atom stereocenters. The highest BCUT2D eigenvalue weighted by Gasteiger charge is 2.09. The van der Waals surface area contributed by atoms with Gasteiger partial charge in [0.1, 0.15) is 23.1 Å². The van der Waals surface area contributed by atoms with Crippen molar-refractivity contribution in [2.45, 2.75) is 0 Å². The summed E-state index contributed by atoms with van der Waals surface area (Å²) in [6.45, 7) is 0. The second-order valence-corrected chi connectivity index (χ2v) is 3.63. The van der Waals surface area contributed by atoms with Crippen LogP contribution in [-0.4, -0.2) is 17.9 Å². The predicted octanol–water partition coefficient (Wildman–Crippen LogP) is 2.10. The van der Waals surface area contributed by atoms with E-state index in [0.29, 0.717) is 0 Å². The summed E-state index contributed by atoms with van der Waals surface area (Å²) in [5, 5.41) is 18.7. The van der Waals surface area contributed by atoms with E-state index in [1.807, 2.05) is 0 Å². The van der Waals surface area contributed by atoms with Gasteiger partial charge in [-0.05, 0) is 24.3 Å². The Morgan fingerprint density at radius 1 is 0.789 bits per heavy atom. The molecule has 0 saturated carbocycles. The monoisotopic (exact) mass is 266 g/mol. The lowest BCUT2D eigenvalue weighted by Gasteiger charge is -2.09. The van der Waals surface area contributed by atoms with E-state index in [1.165, 1.54) is 0 Å². The summed E-state index contributed by atoms with van der Waals surface area (Å²) < 4.78 is 35.7. The van der Waals surface area contributed by atoms with Crippen LogP contribution in [-0.2, 0) is 0 Å². The van der Waals surface area contributed by atoms with Gasteiger partial charge in [-0.3, -0.25) is 0 Å². The highest BCUT2D eigenvalue weighted by atomic mass is 19.1. The molecule has 4 nitrogen and oxygen atoms in total. The highest BCUT2D eigenvalue weighted by Crippen LogP contribution is 2.28. The Labute approximate surface area is 108 Å². The van der Waals surface area contributed by atoms with Crippen LogP contribution in [0, 0.1) is 11.6 Å². The van der Waals surface area contributed by atoms with Crippen LogP contribution < -0.4 is 9.31 Å². The normalized spacial score (nSPS) is 10.0. The first-order valence-corrected chi connectivity index (χ1v) is 5.29. The molecule has 0 aliphatic carbocycles. The standard InChI is InChI=1S/C12H9BF2O4/c14-7-1-3-9(16)11(5-7)18-13-19-12-6-8(15)2-4-10(12)17/h1-6,13,16-17H. The van der Waals surface area contributed by atoms with Gasteiger partial charge in [-0.25, -0.2) is 8.78 Å². The summed E-state index contributed by atoms with van der Waals surface area (Å²) in [7, 11) is -0.423. The molecule has 0 radical (unpaired) electrons. The molecule has 0 bridgehead atoms. The van der Waals surface area contributed by atoms with Gasteiger partial charge >= 0.3 is 7.69 Å². The highest BCUT2D eigenvalue weighted by molar-refractivity contribution is 6.21. The topological polar surface area (TPSA) is 58.9 Å². The summed E-state index contributed by atoms with van der Waals surface area (Å²) in [5.74, 6) is -1.91. The van der Waals surface area contributed by atoms with E-state index in [-0.39, 0.29) is 23.0 Å². The number of aromatic hydroxyl groups is 2. The quantitative estimate of drug-likeness (QED) is 0.832. The molecule has 7 heteroatoms. The van der Waals surface area contributed by atoms with Crippen LogP contribution >= 0.6 is 0 Å². The summed E-state index contributed by atoms with van der Waals surface area (Å²) >= 11 is 0. The second-order valence-electron chi connectivity index (χ2n) is 3.63. The van der Waals surface area contributed by atoms with Gasteiger partial charge in [-0.15, -0.1) is 0 Å². The van der Waals surface area contributed by atoms with Crippen molar-refractivity contribution in [3.05, 3.63) is 48.0 Å². The number of halogens is 2. The van der Waals surface area contributed by atoms with Crippen LogP contribution in [0.5, 0.6) is 23.0 Å². The lowest BCUT2D eigenvalue weighted by atomic mass is 10.2. The molecule has 0 amide bonds. The van der Waals surface area contributed by atoms with Crippen molar-refractivity contribution in [1.82, 2.24) is 0 Å². The van der Waals surface area contributed by atoms with E-state index in [0.717, 1.165) is 36.4 Å². The van der Waals surface area contributed by atoms with Crippen molar-refractivity contribution in [3.63, 3.8) is 0 Å². The maximum absolute atomic E-state index is 12.9. The molecule has 2 rings (SSSR count). The fraction of sp³-hybridized carbons (Fsp3) is 0. The molecule has 2 aromatic carbocycles. The maximum Gasteiger partial charge on any atom is 0.576 e. The zero-order chi connectivity index (χ0) is 13.8. The third-order valence-electron chi connectivity index (χ3n) is 2.27. The lowest BCUT2D eigenvalue weighted by Crippen LogP contribution is -2.11. The molecule has 0 aliphatic rings. The molecule has 98 valence electrons. The van der Waals surface area contributed by atoms with Gasteiger partial charge in [0.15, 0.2) is 11.5 Å². The molecule has 0 aliphatic heterocycles. The Hall–Kier alpha value is -2.44. The summed E-state index contributed by atoms with van der Waals surface area (Å²) in [6, 6.07) is 6.35. The van der Waals surface area contributed by atoms with Crippen LogP contribution in [0.3, 0.4) is 0 Å². The molecule has 2 aromatic rings. The Kier molecular flexibility index (Phi) is 3.75. The molecular formula is C12H9BF2O4. The number of hydrogen-bond acceptors (Lipinski definition) is 4. The first-order valence-electron chi connectivity index (χ1n) is 5.29. The van der Waals surface area contributed by atoms with E-state index in [9.17, 15) is 19.0 Å². The number of hydrogen-bond donors (Lipinski definition) is 2. The van der Waals surface area contributed by atoms with E-state index < -0.39 is 19.3 Å². The van der Waals surface area contributed by atoms with Crippen LogP contribution in [0.1, 0.15) is 0 Å². The zero-order valence-electron chi connectivity index (χ0n) is 9.64. The fourth-order valence-electron chi connectivity index (χ4n) is 1.36. The summed E-state index contributed by atoms with van der Waals surface area (Å²) in [4.78, 5) is 0. The Balaban J connectivity index is 2.00. The van der Waals surface area contributed by atoms with Gasteiger partial charge < -0.3 is 19.5 Å². The average Bonchev–Trinajstić information content (AvgIpc) is 2.38. The van der Waals surface area contributed by atoms with Gasteiger partial charge in [0.05, 0.1) is 0 Å². The van der Waals surface area contributed by atoms with E-state index in [1.54, 1.807) is 0 Å². The zero-order valence-corrected chi connectivity index (χ0v) is 9.64. The minimum atomic E-state index is -0.582. The smallest absolute Gasteiger partial charge is 0.526 e. The van der Waals surface area contributed by atoms with Crippen molar-refractivity contribution < 1.29 is 28.3 Å². The van der Waals surface area contributed by atoms with Crippen LogP contribution in [0.4, 0.5) is 8.78 Å². The molecule has 0 fully saturated rings. The number of phenolic OH excluding ortho intramolecular Hbond substituents is 2. The SMILES string of the molecule is Oc1ccc(F)cc1OBOc1cc(F)ccc1O. The average molecular weight is 266 g/mol. The Morgan fingerprint density at radius 2 is 1.21 bits per heavy atom. The predicted molar refractivity (Wildman–Crippen MR) is 64.5 cm³/mol. The van der Waals surface area contributed by atoms with Crippen molar-refractivity contribution in [2.24, 2.45) is 0 Å². The molecule has 0 spiro atoms. The molecule has 19 heavy (non-hydrogen) atoms. The van der Waals surface area contributed by atoms with Crippen LogP contribution in [0.2, 0.25) is 0 Å². The minimum Gasteiger partial charge on any atom is -0.526 e. The molecule has 0 saturated heterocycles. The fourth-order valence-corrected chi connectivity index (χ4v) is 1.36. The lowest BCUT2D eigenvalue weighted by molar-refractivity contribution is 0.393. The number of rotatable bonds is 4. The van der Waals surface area contributed by atoms with Crippen molar-refractivity contribution >= 4 is 7.69 Å². The molecule has 0 heterocycles. The first kappa shape index (κ1) is 13.0. The van der Waals surface area contributed by atoms with Gasteiger partial charge in [0.25, 0.3) is 0 Å². The Morgan fingerprint density at radius 3 is 1.63 bits per heavy atom. The first-order chi connectivity index (χ1) is 9.06. The largest absolute Gasteiger partial charge is 0.576 e. The summed E-state index contributed by atoms with van der Waals surface area (Å²) in [6.07, 6.45) is 0. The number of benzene rings is 2. The van der Waals surface area contributed by atoms with Crippen LogP contribution in [0.15, 0.2) is 36.4 Å². The van der Waals surface area contributed by atoms with Gasteiger partial charge in [0.2, 0.25) is 0 Å². The van der Waals surface area contributed by atoms with Crippen LogP contribution in [0.25, 0.3) is 0 Å². The van der Waals surface area contributed by atoms with Gasteiger partial charge in [0, 0.05) is 12.1 Å². The summed E-state index contributed by atoms with van der Waals surface area (Å²) in [5.41, 5.74) is 0. The Bertz CT molecular complexity index is 540. The second kappa shape index (κ2) is 5.47. The third-order valence-corrected chi connectivity index (χ3v) is 2.27. The molecule has 2 N–H and O–H groups in total. The van der Waals surface area contributed by atoms with Gasteiger partial charge in [-0.1, -0.05) is 0 Å². The third kappa shape index (κ3) is 3.28. The minimum absolute atomic E-state index is 0.115. The molecular weight excluding hydrogens is 257 g/mol. The van der Waals surface area contributed by atoms with Crippen molar-refractivity contribution in [2.75, 3.05) is 0 Å². The number of phenols is 2. The van der Waals surface area contributed by atoms with E-state index in [2.05, 4.69) is 0 Å². The maximum atomic E-state index is 12.9.